The molecule has 2 unspecified atom stereocenters. The third kappa shape index (κ3) is 3.92. The topological polar surface area (TPSA) is 61.4 Å². The number of halogens is 1. The molecule has 2 amide bonds. The number of carbonyl (C=O) groups excluding carboxylic acids is 1. The zero-order valence-corrected chi connectivity index (χ0v) is 10.7. The van der Waals surface area contributed by atoms with Crippen molar-refractivity contribution in [3.63, 3.8) is 0 Å². The van der Waals surface area contributed by atoms with Crippen molar-refractivity contribution in [2.45, 2.75) is 31.8 Å². The van der Waals surface area contributed by atoms with Gasteiger partial charge in [0.05, 0.1) is 11.8 Å². The van der Waals surface area contributed by atoms with Gasteiger partial charge in [-0.1, -0.05) is 25.0 Å². The summed E-state index contributed by atoms with van der Waals surface area (Å²) in [5, 5.41) is 14.9. The Labute approximate surface area is 112 Å². The van der Waals surface area contributed by atoms with Crippen LogP contribution >= 0.6 is 0 Å². The predicted molar refractivity (Wildman–Crippen MR) is 71.4 cm³/mol. The molecule has 19 heavy (non-hydrogen) atoms. The summed E-state index contributed by atoms with van der Waals surface area (Å²) in [6, 6.07) is 5.58. The Morgan fingerprint density at radius 1 is 1.32 bits per heavy atom. The number of urea groups is 1. The fourth-order valence-electron chi connectivity index (χ4n) is 2.38. The molecule has 1 saturated carbocycles. The van der Waals surface area contributed by atoms with E-state index >= 15 is 0 Å². The Hall–Kier alpha value is -1.62. The van der Waals surface area contributed by atoms with Crippen LogP contribution in [0.2, 0.25) is 0 Å². The Morgan fingerprint density at radius 2 is 2.05 bits per heavy atom. The van der Waals surface area contributed by atoms with E-state index in [2.05, 4.69) is 10.6 Å². The van der Waals surface area contributed by atoms with Gasteiger partial charge in [-0.3, -0.25) is 0 Å². The van der Waals surface area contributed by atoms with Gasteiger partial charge in [0.15, 0.2) is 0 Å². The molecule has 0 bridgehead atoms. The maximum Gasteiger partial charge on any atom is 0.319 e. The zero-order valence-electron chi connectivity index (χ0n) is 10.7. The second-order valence-electron chi connectivity index (χ2n) is 4.93. The summed E-state index contributed by atoms with van der Waals surface area (Å²) in [7, 11) is 0. The lowest BCUT2D eigenvalue weighted by molar-refractivity contribution is 0.0711. The lowest BCUT2D eigenvalue weighted by atomic mass is 9.86. The summed E-state index contributed by atoms with van der Waals surface area (Å²) in [6.07, 6.45) is 3.49. The highest BCUT2D eigenvalue weighted by atomic mass is 19.1. The van der Waals surface area contributed by atoms with Crippen LogP contribution in [0.5, 0.6) is 0 Å². The summed E-state index contributed by atoms with van der Waals surface area (Å²) in [6.45, 7) is 0.418. The molecule has 0 saturated heterocycles. The predicted octanol–water partition coefficient (Wildman–Crippen LogP) is 2.50. The van der Waals surface area contributed by atoms with Gasteiger partial charge in [-0.05, 0) is 25.0 Å². The molecule has 0 aromatic heterocycles. The first-order valence-electron chi connectivity index (χ1n) is 6.64. The lowest BCUT2D eigenvalue weighted by Crippen LogP contribution is -2.38. The molecule has 1 aromatic carbocycles. The van der Waals surface area contributed by atoms with Gasteiger partial charge < -0.3 is 15.7 Å². The molecular weight excluding hydrogens is 247 g/mol. The first-order chi connectivity index (χ1) is 9.16. The number of anilines is 1. The third-order valence-electron chi connectivity index (χ3n) is 3.52. The van der Waals surface area contributed by atoms with E-state index in [4.69, 9.17) is 0 Å². The second-order valence-corrected chi connectivity index (χ2v) is 4.93. The summed E-state index contributed by atoms with van der Waals surface area (Å²) in [5.41, 5.74) is 0.157. The van der Waals surface area contributed by atoms with Crippen molar-refractivity contribution in [2.75, 3.05) is 11.9 Å². The molecule has 104 valence electrons. The highest BCUT2D eigenvalue weighted by molar-refractivity contribution is 5.89. The molecular formula is C14H19FN2O2. The van der Waals surface area contributed by atoms with Gasteiger partial charge in [-0.15, -0.1) is 0 Å². The van der Waals surface area contributed by atoms with Crippen molar-refractivity contribution in [1.82, 2.24) is 5.32 Å². The van der Waals surface area contributed by atoms with Crippen molar-refractivity contribution < 1.29 is 14.3 Å². The van der Waals surface area contributed by atoms with Crippen LogP contribution in [-0.2, 0) is 0 Å². The smallest absolute Gasteiger partial charge is 0.319 e. The lowest BCUT2D eigenvalue weighted by Gasteiger charge is -2.27. The van der Waals surface area contributed by atoms with E-state index in [0.29, 0.717) is 6.54 Å². The number of para-hydroxylation sites is 1. The maximum absolute atomic E-state index is 13.3. The Kier molecular flexibility index (Phi) is 4.74. The molecule has 1 aliphatic rings. The fourth-order valence-corrected chi connectivity index (χ4v) is 2.38. The van der Waals surface area contributed by atoms with E-state index in [-0.39, 0.29) is 17.7 Å². The second kappa shape index (κ2) is 6.52. The monoisotopic (exact) mass is 266 g/mol. The van der Waals surface area contributed by atoms with E-state index in [0.717, 1.165) is 25.7 Å². The van der Waals surface area contributed by atoms with Crippen LogP contribution in [0.25, 0.3) is 0 Å². The molecule has 0 aliphatic heterocycles. The minimum atomic E-state index is -0.463. The molecule has 1 aromatic rings. The van der Waals surface area contributed by atoms with Crippen molar-refractivity contribution in [3.05, 3.63) is 30.1 Å². The number of rotatable bonds is 3. The first-order valence-corrected chi connectivity index (χ1v) is 6.64. The van der Waals surface area contributed by atoms with Crippen LogP contribution in [0.1, 0.15) is 25.7 Å². The Bertz CT molecular complexity index is 439. The third-order valence-corrected chi connectivity index (χ3v) is 3.52. The quantitative estimate of drug-likeness (QED) is 0.787. The fraction of sp³-hybridized carbons (Fsp3) is 0.500. The highest BCUT2D eigenvalue weighted by Crippen LogP contribution is 2.23. The summed E-state index contributed by atoms with van der Waals surface area (Å²) < 4.78 is 13.3. The van der Waals surface area contributed by atoms with Gasteiger partial charge in [0.25, 0.3) is 0 Å². The van der Waals surface area contributed by atoms with Crippen molar-refractivity contribution in [2.24, 2.45) is 5.92 Å². The largest absolute Gasteiger partial charge is 0.393 e. The first kappa shape index (κ1) is 13.8. The molecule has 3 N–H and O–H groups in total. The van der Waals surface area contributed by atoms with E-state index in [1.807, 2.05) is 0 Å². The molecule has 4 nitrogen and oxygen atoms in total. The van der Waals surface area contributed by atoms with E-state index in [9.17, 15) is 14.3 Å². The number of aliphatic hydroxyl groups excluding tert-OH is 1. The highest BCUT2D eigenvalue weighted by Gasteiger charge is 2.23. The van der Waals surface area contributed by atoms with Gasteiger partial charge >= 0.3 is 6.03 Å². The minimum absolute atomic E-state index is 0.0973. The molecule has 1 fully saturated rings. The molecule has 0 spiro atoms. The molecule has 0 radical (unpaired) electrons. The number of hydrogen-bond donors (Lipinski definition) is 3. The van der Waals surface area contributed by atoms with Crippen LogP contribution in [0.4, 0.5) is 14.9 Å². The maximum atomic E-state index is 13.3. The number of aliphatic hydroxyl groups is 1. The molecule has 2 atom stereocenters. The molecule has 1 aliphatic carbocycles. The number of carbonyl (C=O) groups is 1. The van der Waals surface area contributed by atoms with Crippen LogP contribution < -0.4 is 10.6 Å². The normalized spacial score (nSPS) is 22.8. The summed E-state index contributed by atoms with van der Waals surface area (Å²) >= 11 is 0. The summed E-state index contributed by atoms with van der Waals surface area (Å²) in [5.74, 6) is -0.365. The van der Waals surface area contributed by atoms with Crippen LogP contribution in [0.15, 0.2) is 24.3 Å². The number of benzene rings is 1. The van der Waals surface area contributed by atoms with E-state index in [1.54, 1.807) is 12.1 Å². The van der Waals surface area contributed by atoms with Gasteiger partial charge in [-0.2, -0.15) is 0 Å². The van der Waals surface area contributed by atoms with Crippen molar-refractivity contribution in [1.29, 1.82) is 0 Å². The molecule has 5 heteroatoms. The summed E-state index contributed by atoms with van der Waals surface area (Å²) in [4.78, 5) is 11.6. The van der Waals surface area contributed by atoms with Gasteiger partial charge in [0.1, 0.15) is 5.82 Å². The van der Waals surface area contributed by atoms with Crippen LogP contribution in [-0.4, -0.2) is 23.8 Å². The number of nitrogens with one attached hydrogen (secondary N) is 2. The average Bonchev–Trinajstić information content (AvgIpc) is 2.40. The van der Waals surface area contributed by atoms with Crippen molar-refractivity contribution in [3.8, 4) is 0 Å². The average molecular weight is 266 g/mol. The van der Waals surface area contributed by atoms with Crippen LogP contribution in [0.3, 0.4) is 0 Å². The molecule has 2 rings (SSSR count). The van der Waals surface area contributed by atoms with Crippen molar-refractivity contribution >= 4 is 11.7 Å². The SMILES string of the molecule is O=C(NCC1CCCCC1O)Nc1ccccc1F. The zero-order chi connectivity index (χ0) is 13.7. The Morgan fingerprint density at radius 3 is 2.79 bits per heavy atom. The van der Waals surface area contributed by atoms with Gasteiger partial charge in [-0.25, -0.2) is 9.18 Å². The van der Waals surface area contributed by atoms with Gasteiger partial charge in [0.2, 0.25) is 0 Å². The van der Waals surface area contributed by atoms with E-state index < -0.39 is 11.8 Å². The number of amides is 2. The van der Waals surface area contributed by atoms with Gasteiger partial charge in [0, 0.05) is 12.5 Å². The standard InChI is InChI=1S/C14H19FN2O2/c15-11-6-2-3-7-12(11)17-14(19)16-9-10-5-1-4-8-13(10)18/h2-3,6-7,10,13,18H,1,4-5,8-9H2,(H2,16,17,19). The number of hydrogen-bond acceptors (Lipinski definition) is 2. The minimum Gasteiger partial charge on any atom is -0.393 e. The van der Waals surface area contributed by atoms with Crippen LogP contribution in [0, 0.1) is 11.7 Å². The van der Waals surface area contributed by atoms with E-state index in [1.165, 1.54) is 12.1 Å². The Balaban J connectivity index is 1.80. The molecule has 0 heterocycles.